The Kier molecular flexibility index (Phi) is 5.29. The number of benzene rings is 1. The highest BCUT2D eigenvalue weighted by atomic mass is 79.9. The average molecular weight is 427 g/mol. The van der Waals surface area contributed by atoms with E-state index in [0.717, 1.165) is 19.3 Å². The summed E-state index contributed by atoms with van der Waals surface area (Å²) in [5.74, 6) is 0. The van der Waals surface area contributed by atoms with Crippen LogP contribution in [0.25, 0.3) is 0 Å². The number of rotatable bonds is 4. The summed E-state index contributed by atoms with van der Waals surface area (Å²) >= 11 is 6.55. The SMILES string of the molecule is O=S(=O)(NC1(CO)CCCCC1)c1cc(Br)ccc1Br. The van der Waals surface area contributed by atoms with Crippen molar-refractivity contribution >= 4 is 41.9 Å². The lowest BCUT2D eigenvalue weighted by molar-refractivity contribution is 0.142. The molecule has 0 aliphatic heterocycles. The van der Waals surface area contributed by atoms with Gasteiger partial charge >= 0.3 is 0 Å². The van der Waals surface area contributed by atoms with Crippen molar-refractivity contribution in [1.82, 2.24) is 4.72 Å². The highest BCUT2D eigenvalue weighted by molar-refractivity contribution is 9.11. The van der Waals surface area contributed by atoms with Gasteiger partial charge in [-0.15, -0.1) is 0 Å². The standard InChI is InChI=1S/C13H17Br2NO3S/c14-10-4-5-11(15)12(8-10)20(18,19)16-13(9-17)6-2-1-3-7-13/h4-5,8,16-17H,1-3,6-7,9H2. The van der Waals surface area contributed by atoms with Crippen LogP contribution in [0.2, 0.25) is 0 Å². The highest BCUT2D eigenvalue weighted by Crippen LogP contribution is 2.32. The minimum atomic E-state index is -3.67. The third-order valence-electron chi connectivity index (χ3n) is 3.65. The lowest BCUT2D eigenvalue weighted by atomic mass is 9.83. The van der Waals surface area contributed by atoms with Gasteiger partial charge in [-0.2, -0.15) is 0 Å². The van der Waals surface area contributed by atoms with Crippen LogP contribution >= 0.6 is 31.9 Å². The Bertz CT molecular complexity index is 583. The summed E-state index contributed by atoms with van der Waals surface area (Å²) in [5.41, 5.74) is -0.723. The maximum atomic E-state index is 12.6. The Hall–Kier alpha value is 0.0500. The molecule has 20 heavy (non-hydrogen) atoms. The van der Waals surface area contributed by atoms with Gasteiger partial charge in [0.15, 0.2) is 0 Å². The number of hydrogen-bond acceptors (Lipinski definition) is 3. The molecule has 1 fully saturated rings. The van der Waals surface area contributed by atoms with Crippen LogP contribution in [0.15, 0.2) is 32.0 Å². The molecule has 0 spiro atoms. The third kappa shape index (κ3) is 3.62. The van der Waals surface area contributed by atoms with Gasteiger partial charge in [-0.05, 0) is 47.0 Å². The fourth-order valence-corrected chi connectivity index (χ4v) is 5.50. The molecular weight excluding hydrogens is 410 g/mol. The van der Waals surface area contributed by atoms with E-state index in [4.69, 9.17) is 0 Å². The van der Waals surface area contributed by atoms with Crippen LogP contribution in [0.4, 0.5) is 0 Å². The molecule has 0 heterocycles. The average Bonchev–Trinajstić information content (AvgIpc) is 2.42. The number of aliphatic hydroxyl groups is 1. The first-order chi connectivity index (χ1) is 9.38. The van der Waals surface area contributed by atoms with Crippen LogP contribution in [0.5, 0.6) is 0 Å². The van der Waals surface area contributed by atoms with E-state index >= 15 is 0 Å². The van der Waals surface area contributed by atoms with Crippen molar-refractivity contribution in [3.63, 3.8) is 0 Å². The molecule has 1 aliphatic carbocycles. The van der Waals surface area contributed by atoms with E-state index in [1.165, 1.54) is 0 Å². The second-order valence-electron chi connectivity index (χ2n) is 5.18. The van der Waals surface area contributed by atoms with Gasteiger partial charge in [-0.25, -0.2) is 13.1 Å². The van der Waals surface area contributed by atoms with Crippen molar-refractivity contribution in [2.45, 2.75) is 42.5 Å². The van der Waals surface area contributed by atoms with Crippen molar-refractivity contribution in [2.24, 2.45) is 0 Å². The smallest absolute Gasteiger partial charge is 0.242 e. The molecular formula is C13H17Br2NO3S. The normalized spacial score (nSPS) is 18.9. The quantitative estimate of drug-likeness (QED) is 0.776. The maximum absolute atomic E-state index is 12.6. The van der Waals surface area contributed by atoms with Crippen molar-refractivity contribution in [3.8, 4) is 0 Å². The second-order valence-corrected chi connectivity index (χ2v) is 8.60. The van der Waals surface area contributed by atoms with Crippen LogP contribution in [0.3, 0.4) is 0 Å². The minimum absolute atomic E-state index is 0.169. The van der Waals surface area contributed by atoms with E-state index in [1.54, 1.807) is 18.2 Å². The molecule has 2 N–H and O–H groups in total. The number of sulfonamides is 1. The minimum Gasteiger partial charge on any atom is -0.394 e. The Labute approximate surface area is 136 Å². The molecule has 0 bridgehead atoms. The summed E-state index contributed by atoms with van der Waals surface area (Å²) in [6.45, 7) is -0.169. The topological polar surface area (TPSA) is 66.4 Å². The Morgan fingerprint density at radius 1 is 1.20 bits per heavy atom. The van der Waals surface area contributed by atoms with E-state index < -0.39 is 15.6 Å². The summed E-state index contributed by atoms with van der Waals surface area (Å²) in [6, 6.07) is 5.01. The van der Waals surface area contributed by atoms with Gasteiger partial charge in [-0.1, -0.05) is 35.2 Å². The monoisotopic (exact) mass is 425 g/mol. The van der Waals surface area contributed by atoms with Crippen LogP contribution < -0.4 is 4.72 Å². The number of hydrogen-bond donors (Lipinski definition) is 2. The van der Waals surface area contributed by atoms with Gasteiger partial charge in [0.05, 0.1) is 17.0 Å². The summed E-state index contributed by atoms with van der Waals surface area (Å²) in [5, 5.41) is 9.63. The largest absolute Gasteiger partial charge is 0.394 e. The first kappa shape index (κ1) is 16.4. The van der Waals surface area contributed by atoms with E-state index in [-0.39, 0.29) is 11.5 Å². The molecule has 0 radical (unpaired) electrons. The molecule has 1 aliphatic rings. The molecule has 4 nitrogen and oxygen atoms in total. The van der Waals surface area contributed by atoms with Crippen molar-refractivity contribution in [3.05, 3.63) is 27.1 Å². The van der Waals surface area contributed by atoms with Gasteiger partial charge in [0, 0.05) is 8.95 Å². The van der Waals surface area contributed by atoms with Crippen LogP contribution in [-0.4, -0.2) is 25.7 Å². The molecule has 2 rings (SSSR count). The Balaban J connectivity index is 2.32. The molecule has 1 saturated carbocycles. The molecule has 0 aromatic heterocycles. The van der Waals surface area contributed by atoms with Crippen LogP contribution in [0.1, 0.15) is 32.1 Å². The molecule has 112 valence electrons. The molecule has 1 aromatic carbocycles. The summed E-state index contributed by atoms with van der Waals surface area (Å²) in [7, 11) is -3.67. The zero-order chi connectivity index (χ0) is 14.8. The zero-order valence-electron chi connectivity index (χ0n) is 10.9. The zero-order valence-corrected chi connectivity index (χ0v) is 14.9. The van der Waals surface area contributed by atoms with Crippen LogP contribution in [0, 0.1) is 0 Å². The van der Waals surface area contributed by atoms with Gasteiger partial charge < -0.3 is 5.11 Å². The third-order valence-corrected chi connectivity index (χ3v) is 6.71. The fraction of sp³-hybridized carbons (Fsp3) is 0.538. The summed E-state index contributed by atoms with van der Waals surface area (Å²) in [6.07, 6.45) is 4.30. The second kappa shape index (κ2) is 6.44. The maximum Gasteiger partial charge on any atom is 0.242 e. The highest BCUT2D eigenvalue weighted by Gasteiger charge is 2.36. The van der Waals surface area contributed by atoms with Crippen LogP contribution in [-0.2, 0) is 10.0 Å². The van der Waals surface area contributed by atoms with E-state index in [9.17, 15) is 13.5 Å². The molecule has 0 amide bonds. The van der Waals surface area contributed by atoms with Crippen molar-refractivity contribution in [2.75, 3.05) is 6.61 Å². The first-order valence-corrected chi connectivity index (χ1v) is 9.55. The molecule has 7 heteroatoms. The molecule has 0 saturated heterocycles. The summed E-state index contributed by atoms with van der Waals surface area (Å²) in [4.78, 5) is 0.185. The van der Waals surface area contributed by atoms with Gasteiger partial charge in [0.25, 0.3) is 0 Å². The van der Waals surface area contributed by atoms with Gasteiger partial charge in [-0.3, -0.25) is 0 Å². The number of halogens is 2. The van der Waals surface area contributed by atoms with E-state index in [0.29, 0.717) is 21.8 Å². The van der Waals surface area contributed by atoms with Gasteiger partial charge in [0.2, 0.25) is 10.0 Å². The predicted molar refractivity (Wildman–Crippen MR) is 85.1 cm³/mol. The van der Waals surface area contributed by atoms with E-state index in [2.05, 4.69) is 36.6 Å². The van der Waals surface area contributed by atoms with Crippen molar-refractivity contribution in [1.29, 1.82) is 0 Å². The molecule has 1 aromatic rings. The molecule has 0 atom stereocenters. The lowest BCUT2D eigenvalue weighted by Crippen LogP contribution is -2.52. The fourth-order valence-electron chi connectivity index (χ4n) is 2.54. The predicted octanol–water partition coefficient (Wildman–Crippen LogP) is 3.19. The van der Waals surface area contributed by atoms with Crippen molar-refractivity contribution < 1.29 is 13.5 Å². The first-order valence-electron chi connectivity index (χ1n) is 6.48. The Morgan fingerprint density at radius 3 is 2.45 bits per heavy atom. The summed E-state index contributed by atoms with van der Waals surface area (Å²) < 4.78 is 29.1. The molecule has 0 unspecified atom stereocenters. The number of aliphatic hydroxyl groups excluding tert-OH is 1. The van der Waals surface area contributed by atoms with E-state index in [1.807, 2.05) is 0 Å². The lowest BCUT2D eigenvalue weighted by Gasteiger charge is -2.36. The number of nitrogens with one attached hydrogen (secondary N) is 1. The Morgan fingerprint density at radius 2 is 1.85 bits per heavy atom. The van der Waals surface area contributed by atoms with Gasteiger partial charge in [0.1, 0.15) is 0 Å².